The second-order valence-corrected chi connectivity index (χ2v) is 2.72. The van der Waals surface area contributed by atoms with Crippen LogP contribution >= 0.6 is 0 Å². The molecule has 3 heteroatoms. The minimum absolute atomic E-state index is 0.0834. The Kier molecular flexibility index (Phi) is 1.59. The van der Waals surface area contributed by atoms with Crippen molar-refractivity contribution in [2.24, 2.45) is 0 Å². The Morgan fingerprint density at radius 3 is 3.00 bits per heavy atom. The van der Waals surface area contributed by atoms with Crippen LogP contribution in [0.5, 0.6) is 0 Å². The normalized spacial score (nSPS) is 14.6. The molecule has 12 heavy (non-hydrogen) atoms. The predicted octanol–water partition coefficient (Wildman–Crippen LogP) is 1.48. The van der Waals surface area contributed by atoms with Crippen molar-refractivity contribution in [2.75, 3.05) is 5.06 Å². The van der Waals surface area contributed by atoms with Gasteiger partial charge in [-0.15, -0.1) is 0 Å². The molecular weight excluding hydrogens is 154 g/mol. The number of amides is 1. The van der Waals surface area contributed by atoms with Crippen LogP contribution in [0, 0.1) is 0 Å². The van der Waals surface area contributed by atoms with E-state index in [0.717, 1.165) is 11.3 Å². The van der Waals surface area contributed by atoms with Crippen LogP contribution in [0.3, 0.4) is 0 Å². The lowest BCUT2D eigenvalue weighted by atomic mass is 10.2. The first-order valence-electron chi connectivity index (χ1n) is 3.80. The first-order valence-corrected chi connectivity index (χ1v) is 3.80. The molecule has 1 aliphatic rings. The van der Waals surface area contributed by atoms with Gasteiger partial charge in [0.15, 0.2) is 0 Å². The van der Waals surface area contributed by atoms with Crippen molar-refractivity contribution in [3.8, 4) is 0 Å². The van der Waals surface area contributed by atoms with Crippen molar-refractivity contribution in [1.82, 2.24) is 0 Å². The van der Waals surface area contributed by atoms with E-state index in [4.69, 9.17) is 4.84 Å². The Labute approximate surface area is 70.5 Å². The van der Waals surface area contributed by atoms with Crippen molar-refractivity contribution >= 4 is 11.6 Å². The maximum Gasteiger partial charge on any atom is 0.247 e. The van der Waals surface area contributed by atoms with E-state index in [1.54, 1.807) is 0 Å². The Balaban J connectivity index is 2.42. The van der Waals surface area contributed by atoms with Gasteiger partial charge in [-0.3, -0.25) is 9.63 Å². The summed E-state index contributed by atoms with van der Waals surface area (Å²) < 4.78 is 0. The molecule has 3 nitrogen and oxygen atoms in total. The largest absolute Gasteiger partial charge is 0.273 e. The predicted molar refractivity (Wildman–Crippen MR) is 44.4 cm³/mol. The highest BCUT2D eigenvalue weighted by Crippen LogP contribution is 2.27. The highest BCUT2D eigenvalue weighted by Gasteiger charge is 2.22. The Morgan fingerprint density at radius 2 is 2.25 bits per heavy atom. The summed E-state index contributed by atoms with van der Waals surface area (Å²) in [5.41, 5.74) is 1.93. The van der Waals surface area contributed by atoms with Crippen LogP contribution in [0.15, 0.2) is 24.3 Å². The summed E-state index contributed by atoms with van der Waals surface area (Å²) in [5, 5.41) is 1.33. The van der Waals surface area contributed by atoms with E-state index in [-0.39, 0.29) is 5.91 Å². The fourth-order valence-electron chi connectivity index (χ4n) is 1.30. The molecule has 62 valence electrons. The van der Waals surface area contributed by atoms with Crippen molar-refractivity contribution in [1.29, 1.82) is 0 Å². The lowest BCUT2D eigenvalue weighted by molar-refractivity contribution is -0.123. The summed E-state index contributed by atoms with van der Waals surface area (Å²) in [6.07, 6.45) is 0. The number of hydrogen-bond acceptors (Lipinski definition) is 2. The number of carbonyl (C=O) groups is 1. The lowest BCUT2D eigenvalue weighted by Crippen LogP contribution is -2.23. The molecule has 0 saturated carbocycles. The van der Waals surface area contributed by atoms with Crippen LogP contribution in [-0.2, 0) is 16.2 Å². The van der Waals surface area contributed by atoms with Gasteiger partial charge in [-0.1, -0.05) is 18.2 Å². The summed E-state index contributed by atoms with van der Waals surface area (Å²) >= 11 is 0. The van der Waals surface area contributed by atoms with Crippen molar-refractivity contribution in [3.63, 3.8) is 0 Å². The van der Waals surface area contributed by atoms with Crippen molar-refractivity contribution in [3.05, 3.63) is 29.8 Å². The number of nitrogens with zero attached hydrogens (tertiary/aromatic N) is 1. The van der Waals surface area contributed by atoms with Gasteiger partial charge >= 0.3 is 0 Å². The molecule has 0 saturated heterocycles. The molecule has 0 unspecified atom stereocenters. The molecule has 1 aliphatic heterocycles. The van der Waals surface area contributed by atoms with Crippen LogP contribution in [0.1, 0.15) is 12.5 Å². The van der Waals surface area contributed by atoms with Crippen LogP contribution in [-0.4, -0.2) is 5.91 Å². The number of hydrogen-bond donors (Lipinski definition) is 0. The fraction of sp³-hybridized carbons (Fsp3) is 0.222. The second-order valence-electron chi connectivity index (χ2n) is 2.72. The average molecular weight is 163 g/mol. The Bertz CT molecular complexity index is 322. The third kappa shape index (κ3) is 0.987. The third-order valence-electron chi connectivity index (χ3n) is 1.85. The van der Waals surface area contributed by atoms with E-state index >= 15 is 0 Å². The molecule has 1 aromatic rings. The SMILES string of the molecule is CC(=O)N1OCc2ccccc21. The number of hydroxylamine groups is 1. The van der Waals surface area contributed by atoms with Gasteiger partial charge in [-0.05, 0) is 6.07 Å². The zero-order valence-corrected chi connectivity index (χ0v) is 6.78. The van der Waals surface area contributed by atoms with E-state index in [1.807, 2.05) is 24.3 Å². The van der Waals surface area contributed by atoms with Gasteiger partial charge in [0, 0.05) is 12.5 Å². The van der Waals surface area contributed by atoms with Crippen molar-refractivity contribution < 1.29 is 9.63 Å². The molecule has 1 amide bonds. The Hall–Kier alpha value is -1.35. The maximum absolute atomic E-state index is 11.0. The minimum atomic E-state index is -0.0834. The topological polar surface area (TPSA) is 29.5 Å². The molecule has 0 spiro atoms. The number of fused-ring (bicyclic) bond motifs is 1. The molecule has 1 aromatic carbocycles. The van der Waals surface area contributed by atoms with Gasteiger partial charge in [0.25, 0.3) is 0 Å². The first kappa shape index (κ1) is 7.31. The highest BCUT2D eigenvalue weighted by molar-refractivity contribution is 5.90. The fourth-order valence-corrected chi connectivity index (χ4v) is 1.30. The van der Waals surface area contributed by atoms with Crippen molar-refractivity contribution in [2.45, 2.75) is 13.5 Å². The molecular formula is C9H9NO2. The standard InChI is InChI=1S/C9H9NO2/c1-7(11)10-9-5-3-2-4-8(9)6-12-10/h2-5H,6H2,1H3. The van der Waals surface area contributed by atoms with E-state index < -0.39 is 0 Å². The molecule has 2 rings (SSSR count). The molecule has 0 fully saturated rings. The quantitative estimate of drug-likeness (QED) is 0.579. The number of para-hydroxylation sites is 1. The smallest absolute Gasteiger partial charge is 0.247 e. The lowest BCUT2D eigenvalue weighted by Gasteiger charge is -2.11. The molecule has 0 aromatic heterocycles. The zero-order valence-electron chi connectivity index (χ0n) is 6.78. The minimum Gasteiger partial charge on any atom is -0.273 e. The number of carbonyl (C=O) groups excluding carboxylic acids is 1. The molecule has 0 bridgehead atoms. The summed E-state index contributed by atoms with van der Waals surface area (Å²) in [7, 11) is 0. The van der Waals surface area contributed by atoms with E-state index in [2.05, 4.69) is 0 Å². The third-order valence-corrected chi connectivity index (χ3v) is 1.85. The molecule has 0 radical (unpaired) electrons. The summed E-state index contributed by atoms with van der Waals surface area (Å²) in [6.45, 7) is 1.98. The molecule has 1 heterocycles. The van der Waals surface area contributed by atoms with Gasteiger partial charge in [-0.2, -0.15) is 5.06 Å². The molecule has 0 atom stereocenters. The van der Waals surface area contributed by atoms with Gasteiger partial charge in [0.2, 0.25) is 5.91 Å². The number of rotatable bonds is 0. The first-order chi connectivity index (χ1) is 5.79. The highest BCUT2D eigenvalue weighted by atomic mass is 16.7. The van der Waals surface area contributed by atoms with Gasteiger partial charge < -0.3 is 0 Å². The van der Waals surface area contributed by atoms with E-state index in [1.165, 1.54) is 12.0 Å². The molecule has 0 aliphatic carbocycles. The zero-order chi connectivity index (χ0) is 8.55. The van der Waals surface area contributed by atoms with Crippen LogP contribution in [0.2, 0.25) is 0 Å². The Morgan fingerprint density at radius 1 is 1.50 bits per heavy atom. The summed E-state index contributed by atoms with van der Waals surface area (Å²) in [5.74, 6) is -0.0834. The van der Waals surface area contributed by atoms with Crippen LogP contribution in [0.4, 0.5) is 5.69 Å². The van der Waals surface area contributed by atoms with Crippen LogP contribution in [0.25, 0.3) is 0 Å². The summed E-state index contributed by atoms with van der Waals surface area (Å²) in [6, 6.07) is 7.66. The average Bonchev–Trinajstić information content (AvgIpc) is 2.47. The maximum atomic E-state index is 11.0. The number of benzene rings is 1. The van der Waals surface area contributed by atoms with Gasteiger partial charge in [0.1, 0.15) is 6.61 Å². The molecule has 0 N–H and O–H groups in total. The van der Waals surface area contributed by atoms with E-state index in [0.29, 0.717) is 6.61 Å². The van der Waals surface area contributed by atoms with Gasteiger partial charge in [-0.25, -0.2) is 0 Å². The second kappa shape index (κ2) is 2.60. The van der Waals surface area contributed by atoms with Crippen LogP contribution < -0.4 is 5.06 Å². The monoisotopic (exact) mass is 163 g/mol. The summed E-state index contributed by atoms with van der Waals surface area (Å²) in [4.78, 5) is 16.2. The van der Waals surface area contributed by atoms with Gasteiger partial charge in [0.05, 0.1) is 5.69 Å². The number of anilines is 1. The van der Waals surface area contributed by atoms with E-state index in [9.17, 15) is 4.79 Å².